The van der Waals surface area contributed by atoms with Crippen molar-refractivity contribution in [1.29, 1.82) is 0 Å². The second kappa shape index (κ2) is 11.7. The summed E-state index contributed by atoms with van der Waals surface area (Å²) in [7, 11) is 3.01. The molecule has 0 atom stereocenters. The zero-order valence-corrected chi connectivity index (χ0v) is 20.4. The summed E-state index contributed by atoms with van der Waals surface area (Å²) in [6.07, 6.45) is 0. The van der Waals surface area contributed by atoms with E-state index in [9.17, 15) is 14.4 Å². The highest BCUT2D eigenvalue weighted by Crippen LogP contribution is 2.28. The minimum Gasteiger partial charge on any atom is -0.493 e. The van der Waals surface area contributed by atoms with Gasteiger partial charge in [0.1, 0.15) is 0 Å². The van der Waals surface area contributed by atoms with E-state index in [1.807, 2.05) is 42.5 Å². The molecule has 0 heterocycles. The quantitative estimate of drug-likeness (QED) is 0.238. The Bertz CT molecular complexity index is 1400. The molecular weight excluding hydrogens is 470 g/mol. The number of ether oxygens (including phenoxy) is 3. The Kier molecular flexibility index (Phi) is 7.95. The first-order chi connectivity index (χ1) is 18.0. The van der Waals surface area contributed by atoms with Crippen LogP contribution in [0.15, 0.2) is 97.1 Å². The predicted octanol–water partition coefficient (Wildman–Crippen LogP) is 5.66. The maximum Gasteiger partial charge on any atom is 0.338 e. The lowest BCUT2D eigenvalue weighted by Crippen LogP contribution is -2.15. The van der Waals surface area contributed by atoms with Gasteiger partial charge in [-0.2, -0.15) is 0 Å². The van der Waals surface area contributed by atoms with Gasteiger partial charge in [0, 0.05) is 16.8 Å². The van der Waals surface area contributed by atoms with Crippen molar-refractivity contribution in [3.8, 4) is 22.6 Å². The minimum atomic E-state index is -0.632. The van der Waals surface area contributed by atoms with Gasteiger partial charge >= 0.3 is 5.97 Å². The van der Waals surface area contributed by atoms with Crippen LogP contribution in [0.1, 0.15) is 31.1 Å². The highest BCUT2D eigenvalue weighted by atomic mass is 16.5. The third-order valence-corrected chi connectivity index (χ3v) is 5.67. The number of carbonyl (C=O) groups is 3. The molecule has 4 aromatic rings. The highest BCUT2D eigenvalue weighted by Gasteiger charge is 2.14. The molecule has 7 heteroatoms. The molecule has 0 bridgehead atoms. The van der Waals surface area contributed by atoms with Gasteiger partial charge in [-0.3, -0.25) is 9.59 Å². The van der Waals surface area contributed by atoms with Crippen molar-refractivity contribution in [2.24, 2.45) is 0 Å². The van der Waals surface area contributed by atoms with Gasteiger partial charge in [0.2, 0.25) is 0 Å². The first-order valence-electron chi connectivity index (χ1n) is 11.5. The Balaban J connectivity index is 1.31. The zero-order chi connectivity index (χ0) is 26.2. The number of anilines is 1. The topological polar surface area (TPSA) is 90.9 Å². The third kappa shape index (κ3) is 6.21. The molecule has 0 unspecified atom stereocenters. The summed E-state index contributed by atoms with van der Waals surface area (Å²) < 4.78 is 15.6. The number of rotatable bonds is 9. The van der Waals surface area contributed by atoms with Crippen molar-refractivity contribution < 1.29 is 28.6 Å². The molecule has 0 aliphatic carbocycles. The number of hydrogen-bond donors (Lipinski definition) is 1. The fourth-order valence-corrected chi connectivity index (χ4v) is 3.65. The number of methoxy groups -OCH3 is 2. The Labute approximate surface area is 214 Å². The lowest BCUT2D eigenvalue weighted by Gasteiger charge is -2.10. The van der Waals surface area contributed by atoms with E-state index in [0.717, 1.165) is 11.1 Å². The molecule has 1 N–H and O–H groups in total. The second-order valence-corrected chi connectivity index (χ2v) is 8.04. The number of esters is 1. The van der Waals surface area contributed by atoms with Crippen LogP contribution < -0.4 is 14.8 Å². The number of hydrogen-bond acceptors (Lipinski definition) is 6. The number of Topliss-reactive ketones (excluding diaryl/α,β-unsaturated/α-hetero) is 1. The van der Waals surface area contributed by atoms with Gasteiger partial charge in [-0.05, 0) is 53.6 Å². The number of carbonyl (C=O) groups excluding carboxylic acids is 3. The van der Waals surface area contributed by atoms with Gasteiger partial charge in [-0.15, -0.1) is 0 Å². The molecule has 0 spiro atoms. The standard InChI is InChI=1S/C30H25NO6/c1-35-27-17-14-24(18-28(27)36-2)29(33)31-25-15-12-23(13-16-25)30(34)37-19-26(32)22-10-8-21(9-11-22)20-6-4-3-5-7-20/h3-18H,19H2,1-2H3,(H,31,33). The van der Waals surface area contributed by atoms with Gasteiger partial charge in [-0.25, -0.2) is 4.79 Å². The van der Waals surface area contributed by atoms with E-state index >= 15 is 0 Å². The van der Waals surface area contributed by atoms with Crippen molar-refractivity contribution in [2.45, 2.75) is 0 Å². The van der Waals surface area contributed by atoms with E-state index in [-0.39, 0.29) is 23.9 Å². The molecule has 4 aromatic carbocycles. The van der Waals surface area contributed by atoms with Gasteiger partial charge in [-0.1, -0.05) is 54.6 Å². The van der Waals surface area contributed by atoms with E-state index < -0.39 is 5.97 Å². The average Bonchev–Trinajstić information content (AvgIpc) is 2.96. The van der Waals surface area contributed by atoms with Crippen LogP contribution in [0.2, 0.25) is 0 Å². The molecule has 7 nitrogen and oxygen atoms in total. The first kappa shape index (κ1) is 25.2. The van der Waals surface area contributed by atoms with E-state index in [2.05, 4.69) is 5.32 Å². The van der Waals surface area contributed by atoms with Crippen molar-refractivity contribution in [3.63, 3.8) is 0 Å². The second-order valence-electron chi connectivity index (χ2n) is 8.04. The Morgan fingerprint density at radius 1 is 0.649 bits per heavy atom. The van der Waals surface area contributed by atoms with Crippen LogP contribution in [0.5, 0.6) is 11.5 Å². The SMILES string of the molecule is COc1ccc(C(=O)Nc2ccc(C(=O)OCC(=O)c3ccc(-c4ccccc4)cc3)cc2)cc1OC. The van der Waals surface area contributed by atoms with E-state index in [0.29, 0.717) is 28.3 Å². The van der Waals surface area contributed by atoms with Gasteiger partial charge in [0.25, 0.3) is 5.91 Å². The van der Waals surface area contributed by atoms with E-state index in [4.69, 9.17) is 14.2 Å². The van der Waals surface area contributed by atoms with Crippen LogP contribution in [0, 0.1) is 0 Å². The van der Waals surface area contributed by atoms with Gasteiger partial charge in [0.15, 0.2) is 23.9 Å². The summed E-state index contributed by atoms with van der Waals surface area (Å²) in [5, 5.41) is 2.76. The Morgan fingerprint density at radius 3 is 1.89 bits per heavy atom. The maximum atomic E-state index is 12.6. The molecule has 1 amide bonds. The molecule has 4 rings (SSSR count). The van der Waals surface area contributed by atoms with Crippen LogP contribution in [0.3, 0.4) is 0 Å². The van der Waals surface area contributed by atoms with E-state index in [1.165, 1.54) is 26.4 Å². The van der Waals surface area contributed by atoms with Gasteiger partial charge in [0.05, 0.1) is 19.8 Å². The summed E-state index contributed by atoms with van der Waals surface area (Å²) in [6.45, 7) is -0.374. The van der Waals surface area contributed by atoms with Crippen molar-refractivity contribution in [1.82, 2.24) is 0 Å². The largest absolute Gasteiger partial charge is 0.493 e. The number of amides is 1. The van der Waals surface area contributed by atoms with Crippen molar-refractivity contribution >= 4 is 23.3 Å². The van der Waals surface area contributed by atoms with Crippen LogP contribution in [-0.4, -0.2) is 38.5 Å². The van der Waals surface area contributed by atoms with Crippen LogP contribution in [0.25, 0.3) is 11.1 Å². The summed E-state index contributed by atoms with van der Waals surface area (Å²) in [4.78, 5) is 37.5. The summed E-state index contributed by atoms with van der Waals surface area (Å²) in [6, 6.07) is 28.0. The Morgan fingerprint density at radius 2 is 1.24 bits per heavy atom. The normalized spacial score (nSPS) is 10.3. The number of ketones is 1. The van der Waals surface area contributed by atoms with Gasteiger partial charge < -0.3 is 19.5 Å². The molecule has 0 radical (unpaired) electrons. The minimum absolute atomic E-state index is 0.261. The molecule has 37 heavy (non-hydrogen) atoms. The highest BCUT2D eigenvalue weighted by molar-refractivity contribution is 6.05. The van der Waals surface area contributed by atoms with Crippen LogP contribution in [-0.2, 0) is 4.74 Å². The average molecular weight is 496 g/mol. The van der Waals surface area contributed by atoms with Crippen molar-refractivity contribution in [2.75, 3.05) is 26.1 Å². The molecular formula is C30H25NO6. The molecule has 0 aromatic heterocycles. The fraction of sp³-hybridized carbons (Fsp3) is 0.100. The Hall–Kier alpha value is -4.91. The van der Waals surface area contributed by atoms with Crippen LogP contribution in [0.4, 0.5) is 5.69 Å². The van der Waals surface area contributed by atoms with Crippen molar-refractivity contribution in [3.05, 3.63) is 114 Å². The maximum absolute atomic E-state index is 12.6. The summed E-state index contributed by atoms with van der Waals surface area (Å²) in [5.74, 6) is -0.321. The first-order valence-corrected chi connectivity index (χ1v) is 11.5. The summed E-state index contributed by atoms with van der Waals surface area (Å²) in [5.41, 5.74) is 3.64. The molecule has 0 fully saturated rings. The lowest BCUT2D eigenvalue weighted by molar-refractivity contribution is 0.0475. The molecule has 0 saturated heterocycles. The van der Waals surface area contributed by atoms with E-state index in [1.54, 1.807) is 42.5 Å². The smallest absolute Gasteiger partial charge is 0.338 e. The monoisotopic (exact) mass is 495 g/mol. The third-order valence-electron chi connectivity index (χ3n) is 5.67. The van der Waals surface area contributed by atoms with Crippen LogP contribution >= 0.6 is 0 Å². The molecule has 0 aliphatic heterocycles. The molecule has 186 valence electrons. The number of benzene rings is 4. The zero-order valence-electron chi connectivity index (χ0n) is 20.4. The summed E-state index contributed by atoms with van der Waals surface area (Å²) >= 11 is 0. The fourth-order valence-electron chi connectivity index (χ4n) is 3.65. The number of nitrogens with one attached hydrogen (secondary N) is 1. The lowest BCUT2D eigenvalue weighted by atomic mass is 10.0. The predicted molar refractivity (Wildman–Crippen MR) is 140 cm³/mol. The molecule has 0 aliphatic rings. The molecule has 0 saturated carbocycles.